The maximum atomic E-state index is 12.1. The van der Waals surface area contributed by atoms with E-state index in [2.05, 4.69) is 10.6 Å². The summed E-state index contributed by atoms with van der Waals surface area (Å²) in [6.45, 7) is 5.35. The van der Waals surface area contributed by atoms with Crippen LogP contribution in [0.5, 0.6) is 23.0 Å². The normalized spacial score (nSPS) is 11.7. The zero-order valence-corrected chi connectivity index (χ0v) is 16.4. The maximum absolute atomic E-state index is 12.1. The van der Waals surface area contributed by atoms with Gasteiger partial charge in [0.05, 0.1) is 13.2 Å². The van der Waals surface area contributed by atoms with Crippen molar-refractivity contribution in [1.82, 2.24) is 5.32 Å². The van der Waals surface area contributed by atoms with Crippen LogP contribution >= 0.6 is 0 Å². The molecule has 154 valence electrons. The molecule has 2 aromatic rings. The summed E-state index contributed by atoms with van der Waals surface area (Å²) in [4.78, 5) is 24.1. The third-order valence-electron chi connectivity index (χ3n) is 4.14. The minimum Gasteiger partial charge on any atom is -0.490 e. The average Bonchev–Trinajstić information content (AvgIpc) is 3.18. The molecule has 2 N–H and O–H groups in total. The van der Waals surface area contributed by atoms with Crippen LogP contribution in [0.2, 0.25) is 0 Å². The van der Waals surface area contributed by atoms with Crippen molar-refractivity contribution in [1.29, 1.82) is 0 Å². The van der Waals surface area contributed by atoms with Gasteiger partial charge in [-0.15, -0.1) is 0 Å². The molecule has 0 saturated heterocycles. The summed E-state index contributed by atoms with van der Waals surface area (Å²) in [5.41, 5.74) is 1.43. The third-order valence-corrected chi connectivity index (χ3v) is 4.14. The zero-order valence-electron chi connectivity index (χ0n) is 16.4. The van der Waals surface area contributed by atoms with Gasteiger partial charge in [-0.05, 0) is 50.1 Å². The molecule has 1 heterocycles. The average molecular weight is 400 g/mol. The van der Waals surface area contributed by atoms with Crippen LogP contribution in [0.1, 0.15) is 19.4 Å². The molecule has 0 aromatic heterocycles. The SMILES string of the molecule is CCOc1ccc(CCNC(=O)C(=O)Nc2ccc3c(c2)OCO3)cc1OCC. The summed E-state index contributed by atoms with van der Waals surface area (Å²) in [6.07, 6.45) is 0.551. The topological polar surface area (TPSA) is 95.1 Å². The highest BCUT2D eigenvalue weighted by Gasteiger charge is 2.17. The highest BCUT2D eigenvalue weighted by Crippen LogP contribution is 2.34. The summed E-state index contributed by atoms with van der Waals surface area (Å²) in [5.74, 6) is 1.03. The molecule has 0 unspecified atom stereocenters. The molecule has 1 aliphatic heterocycles. The van der Waals surface area contributed by atoms with Gasteiger partial charge < -0.3 is 29.6 Å². The van der Waals surface area contributed by atoms with E-state index in [0.29, 0.717) is 54.9 Å². The van der Waals surface area contributed by atoms with E-state index < -0.39 is 11.8 Å². The number of hydrogen-bond acceptors (Lipinski definition) is 6. The van der Waals surface area contributed by atoms with Crippen LogP contribution in [0.25, 0.3) is 0 Å². The first-order chi connectivity index (χ1) is 14.1. The van der Waals surface area contributed by atoms with Crippen molar-refractivity contribution in [3.05, 3.63) is 42.0 Å². The van der Waals surface area contributed by atoms with E-state index in [1.54, 1.807) is 18.2 Å². The smallest absolute Gasteiger partial charge is 0.313 e. The van der Waals surface area contributed by atoms with Crippen LogP contribution in [0.4, 0.5) is 5.69 Å². The number of amides is 2. The first-order valence-corrected chi connectivity index (χ1v) is 9.48. The molecule has 8 nitrogen and oxygen atoms in total. The lowest BCUT2D eigenvalue weighted by atomic mass is 10.1. The molecule has 0 bridgehead atoms. The number of anilines is 1. The molecule has 0 radical (unpaired) electrons. The van der Waals surface area contributed by atoms with Gasteiger partial charge in [0.2, 0.25) is 6.79 Å². The second-order valence-electron chi connectivity index (χ2n) is 6.18. The number of hydrogen-bond donors (Lipinski definition) is 2. The van der Waals surface area contributed by atoms with E-state index in [1.165, 1.54) is 0 Å². The predicted octanol–water partition coefficient (Wildman–Crippen LogP) is 2.51. The quantitative estimate of drug-likeness (QED) is 0.661. The Morgan fingerprint density at radius 2 is 1.69 bits per heavy atom. The number of ether oxygens (including phenoxy) is 4. The molecule has 3 rings (SSSR count). The van der Waals surface area contributed by atoms with E-state index in [9.17, 15) is 9.59 Å². The fourth-order valence-electron chi connectivity index (χ4n) is 2.81. The van der Waals surface area contributed by atoms with Gasteiger partial charge in [0.1, 0.15) is 0 Å². The first kappa shape index (κ1) is 20.3. The molecule has 0 fully saturated rings. The van der Waals surface area contributed by atoms with Gasteiger partial charge >= 0.3 is 11.8 Å². The summed E-state index contributed by atoms with van der Waals surface area (Å²) in [5, 5.41) is 5.16. The highest BCUT2D eigenvalue weighted by molar-refractivity contribution is 6.39. The largest absolute Gasteiger partial charge is 0.490 e. The summed E-state index contributed by atoms with van der Waals surface area (Å²) in [6, 6.07) is 10.6. The lowest BCUT2D eigenvalue weighted by Gasteiger charge is -2.12. The van der Waals surface area contributed by atoms with Crippen molar-refractivity contribution < 1.29 is 28.5 Å². The number of benzene rings is 2. The van der Waals surface area contributed by atoms with Gasteiger partial charge in [-0.3, -0.25) is 9.59 Å². The molecule has 29 heavy (non-hydrogen) atoms. The monoisotopic (exact) mass is 400 g/mol. The van der Waals surface area contributed by atoms with Crippen LogP contribution in [-0.4, -0.2) is 38.4 Å². The lowest BCUT2D eigenvalue weighted by Crippen LogP contribution is -2.36. The van der Waals surface area contributed by atoms with Crippen molar-refractivity contribution in [2.24, 2.45) is 0 Å². The van der Waals surface area contributed by atoms with E-state index in [4.69, 9.17) is 18.9 Å². The van der Waals surface area contributed by atoms with E-state index in [0.717, 1.165) is 5.56 Å². The van der Waals surface area contributed by atoms with E-state index in [-0.39, 0.29) is 6.79 Å². The van der Waals surface area contributed by atoms with Crippen molar-refractivity contribution in [2.75, 3.05) is 31.9 Å². The van der Waals surface area contributed by atoms with Crippen LogP contribution in [0.3, 0.4) is 0 Å². The molecule has 0 aliphatic carbocycles. The highest BCUT2D eigenvalue weighted by atomic mass is 16.7. The van der Waals surface area contributed by atoms with Crippen molar-refractivity contribution >= 4 is 17.5 Å². The standard InChI is InChI=1S/C21H24N2O6/c1-3-26-16-7-5-14(11-18(16)27-4-2)9-10-22-20(24)21(25)23-15-6-8-17-19(12-15)29-13-28-17/h5-8,11-12H,3-4,9-10,13H2,1-2H3,(H,22,24)(H,23,25). The third kappa shape index (κ3) is 5.31. The van der Waals surface area contributed by atoms with Gasteiger partial charge in [0.25, 0.3) is 0 Å². The summed E-state index contributed by atoms with van der Waals surface area (Å²) in [7, 11) is 0. The Balaban J connectivity index is 1.50. The molecule has 0 saturated carbocycles. The van der Waals surface area contributed by atoms with Gasteiger partial charge in [0, 0.05) is 18.3 Å². The zero-order chi connectivity index (χ0) is 20.6. The fraction of sp³-hybridized carbons (Fsp3) is 0.333. The molecule has 0 atom stereocenters. The van der Waals surface area contributed by atoms with Gasteiger partial charge in [-0.25, -0.2) is 0 Å². The molecular formula is C21H24N2O6. The Morgan fingerprint density at radius 1 is 0.931 bits per heavy atom. The molecule has 1 aliphatic rings. The predicted molar refractivity (Wildman–Crippen MR) is 107 cm³/mol. The minimum absolute atomic E-state index is 0.143. The number of carbonyl (C=O) groups excluding carboxylic acids is 2. The first-order valence-electron chi connectivity index (χ1n) is 9.48. The Bertz CT molecular complexity index is 883. The maximum Gasteiger partial charge on any atom is 0.313 e. The molecule has 8 heteroatoms. The van der Waals surface area contributed by atoms with Gasteiger partial charge in [-0.1, -0.05) is 6.07 Å². The van der Waals surface area contributed by atoms with Crippen LogP contribution in [0.15, 0.2) is 36.4 Å². The summed E-state index contributed by atoms with van der Waals surface area (Å²) < 4.78 is 21.6. The lowest BCUT2D eigenvalue weighted by molar-refractivity contribution is -0.136. The Labute approximate surface area is 169 Å². The minimum atomic E-state index is -0.745. The van der Waals surface area contributed by atoms with Crippen LogP contribution in [-0.2, 0) is 16.0 Å². The van der Waals surface area contributed by atoms with Gasteiger partial charge in [-0.2, -0.15) is 0 Å². The number of rotatable bonds is 8. The van der Waals surface area contributed by atoms with Crippen molar-refractivity contribution in [3.63, 3.8) is 0 Å². The van der Waals surface area contributed by atoms with Gasteiger partial charge in [0.15, 0.2) is 23.0 Å². The van der Waals surface area contributed by atoms with Crippen molar-refractivity contribution in [2.45, 2.75) is 20.3 Å². The Morgan fingerprint density at radius 3 is 2.48 bits per heavy atom. The van der Waals surface area contributed by atoms with E-state index >= 15 is 0 Å². The Kier molecular flexibility index (Phi) is 6.78. The molecule has 2 aromatic carbocycles. The number of fused-ring (bicyclic) bond motifs is 1. The van der Waals surface area contributed by atoms with Crippen LogP contribution in [0, 0.1) is 0 Å². The number of nitrogens with one attached hydrogen (secondary N) is 2. The Hall–Kier alpha value is -3.42. The molecule has 0 spiro atoms. The van der Waals surface area contributed by atoms with Crippen molar-refractivity contribution in [3.8, 4) is 23.0 Å². The second kappa shape index (κ2) is 9.68. The fourth-order valence-corrected chi connectivity index (χ4v) is 2.81. The summed E-state index contributed by atoms with van der Waals surface area (Å²) >= 11 is 0. The second-order valence-corrected chi connectivity index (χ2v) is 6.18. The molecular weight excluding hydrogens is 376 g/mol. The van der Waals surface area contributed by atoms with E-state index in [1.807, 2.05) is 32.0 Å². The molecule has 2 amide bonds. The van der Waals surface area contributed by atoms with Crippen LogP contribution < -0.4 is 29.6 Å². The number of carbonyl (C=O) groups is 2.